The van der Waals surface area contributed by atoms with Crippen LogP contribution in [0, 0.1) is 0 Å². The average molecular weight is 481 g/mol. The summed E-state index contributed by atoms with van der Waals surface area (Å²) < 4.78 is 0. The van der Waals surface area contributed by atoms with Gasteiger partial charge in [0.25, 0.3) is 0 Å². The lowest BCUT2D eigenvalue weighted by Crippen LogP contribution is -2.47. The predicted octanol–water partition coefficient (Wildman–Crippen LogP) is 3.33. The lowest BCUT2D eigenvalue weighted by Gasteiger charge is -2.25. The number of amides is 2. The molecule has 33 heavy (non-hydrogen) atoms. The molecule has 3 unspecified atom stereocenters. The highest BCUT2D eigenvalue weighted by Gasteiger charge is 2.42. The molecule has 2 rings (SSSR count). The molecule has 188 valence electrons. The Hall–Kier alpha value is -1.38. The van der Waals surface area contributed by atoms with Gasteiger partial charge in [0.15, 0.2) is 11.6 Å². The van der Waals surface area contributed by atoms with Gasteiger partial charge in [-0.2, -0.15) is 11.8 Å². The monoisotopic (exact) mass is 480 g/mol. The van der Waals surface area contributed by atoms with E-state index < -0.39 is 11.1 Å². The molecular formula is C25H44N4O3S. The second-order valence-electron chi connectivity index (χ2n) is 10.4. The van der Waals surface area contributed by atoms with Gasteiger partial charge in [-0.3, -0.25) is 9.59 Å². The van der Waals surface area contributed by atoms with Crippen LogP contribution in [0.15, 0.2) is 12.7 Å². The van der Waals surface area contributed by atoms with E-state index in [9.17, 15) is 14.4 Å². The minimum absolute atomic E-state index is 0.0470. The second-order valence-corrected chi connectivity index (χ2v) is 11.6. The van der Waals surface area contributed by atoms with Crippen molar-refractivity contribution in [2.45, 2.75) is 107 Å². The molecule has 0 radical (unpaired) electrons. The first-order valence-electron chi connectivity index (χ1n) is 12.4. The van der Waals surface area contributed by atoms with E-state index in [1.54, 1.807) is 6.08 Å². The zero-order valence-electron chi connectivity index (χ0n) is 20.9. The van der Waals surface area contributed by atoms with Gasteiger partial charge in [0, 0.05) is 30.4 Å². The van der Waals surface area contributed by atoms with Crippen LogP contribution in [0.1, 0.15) is 79.1 Å². The van der Waals surface area contributed by atoms with Gasteiger partial charge in [0.2, 0.25) is 0 Å². The van der Waals surface area contributed by atoms with Crippen LogP contribution in [0.3, 0.4) is 0 Å². The van der Waals surface area contributed by atoms with Crippen molar-refractivity contribution in [2.24, 2.45) is 0 Å². The van der Waals surface area contributed by atoms with Gasteiger partial charge >= 0.3 is 6.03 Å². The highest BCUT2D eigenvalue weighted by atomic mass is 32.2. The Labute approximate surface area is 204 Å². The lowest BCUT2D eigenvalue weighted by atomic mass is 9.93. The summed E-state index contributed by atoms with van der Waals surface area (Å²) in [6.45, 7) is 12.8. The third kappa shape index (κ3) is 8.72. The molecule has 0 bridgehead atoms. The molecule has 0 spiro atoms. The molecule has 0 aliphatic carbocycles. The van der Waals surface area contributed by atoms with Crippen molar-refractivity contribution in [3.63, 3.8) is 0 Å². The Morgan fingerprint density at radius 1 is 1.00 bits per heavy atom. The van der Waals surface area contributed by atoms with E-state index >= 15 is 0 Å². The maximum atomic E-state index is 12.7. The maximum Gasteiger partial charge on any atom is 0.315 e. The van der Waals surface area contributed by atoms with Gasteiger partial charge in [0.1, 0.15) is 0 Å². The van der Waals surface area contributed by atoms with Crippen LogP contribution in [0.5, 0.6) is 0 Å². The Morgan fingerprint density at radius 2 is 1.64 bits per heavy atom. The Bertz CT molecular complexity index is 695. The van der Waals surface area contributed by atoms with Crippen molar-refractivity contribution in [2.75, 3.05) is 18.8 Å². The maximum absolute atomic E-state index is 12.7. The molecule has 7 nitrogen and oxygen atoms in total. The van der Waals surface area contributed by atoms with Gasteiger partial charge in [-0.15, -0.1) is 6.58 Å². The minimum atomic E-state index is -0.525. The highest BCUT2D eigenvalue weighted by Crippen LogP contribution is 2.33. The minimum Gasteiger partial charge on any atom is -0.332 e. The van der Waals surface area contributed by atoms with Crippen molar-refractivity contribution in [3.05, 3.63) is 12.7 Å². The van der Waals surface area contributed by atoms with Gasteiger partial charge in [-0.05, 0) is 59.9 Å². The predicted molar refractivity (Wildman–Crippen MR) is 137 cm³/mol. The molecule has 3 atom stereocenters. The number of unbranched alkanes of at least 4 members (excludes halogenated alkanes) is 3. The molecule has 2 fully saturated rings. The summed E-state index contributed by atoms with van der Waals surface area (Å²) in [5.41, 5.74) is -1.04. The van der Waals surface area contributed by atoms with Gasteiger partial charge in [-0.25, -0.2) is 4.79 Å². The third-order valence-corrected chi connectivity index (χ3v) is 8.32. The zero-order valence-corrected chi connectivity index (χ0v) is 21.7. The number of carbonyl (C=O) groups is 3. The SMILES string of the molecule is C=CCNC(C)(C)C(=O)CCCCCNC(C)(C)C(=O)CCCCC1SCC2NC(=O)NC21. The number of carbonyl (C=O) groups excluding carboxylic acids is 3. The van der Waals surface area contributed by atoms with Crippen LogP contribution in [0.4, 0.5) is 4.79 Å². The number of hydrogen-bond acceptors (Lipinski definition) is 6. The lowest BCUT2D eigenvalue weighted by molar-refractivity contribution is -0.124. The molecule has 4 N–H and O–H groups in total. The molecule has 2 aliphatic rings. The normalized spacial score (nSPS) is 22.5. The van der Waals surface area contributed by atoms with E-state index in [0.29, 0.717) is 24.6 Å². The van der Waals surface area contributed by atoms with Crippen LogP contribution >= 0.6 is 11.8 Å². The standard InChI is InChI=1S/C25H44N4O3S/c1-6-15-26-24(2,3)20(30)13-8-7-11-16-27-25(4,5)21(31)14-10-9-12-19-22-18(17-33-19)28-23(32)29-22/h6,18-19,22,26-27H,1,7-17H2,2-5H3,(H2,28,29,32). The molecule has 2 heterocycles. The highest BCUT2D eigenvalue weighted by molar-refractivity contribution is 8.00. The Morgan fingerprint density at radius 3 is 2.30 bits per heavy atom. The largest absolute Gasteiger partial charge is 0.332 e. The first-order valence-corrected chi connectivity index (χ1v) is 13.5. The quantitative estimate of drug-likeness (QED) is 0.145. The van der Waals surface area contributed by atoms with Crippen LogP contribution < -0.4 is 21.3 Å². The van der Waals surface area contributed by atoms with E-state index in [0.717, 1.165) is 50.8 Å². The van der Waals surface area contributed by atoms with E-state index in [-0.39, 0.29) is 29.7 Å². The summed E-state index contributed by atoms with van der Waals surface area (Å²) in [7, 11) is 0. The van der Waals surface area contributed by atoms with E-state index in [1.165, 1.54) is 0 Å². The number of thioether (sulfide) groups is 1. The molecule has 2 aliphatic heterocycles. The summed E-state index contributed by atoms with van der Waals surface area (Å²) in [5.74, 6) is 1.45. The number of ketones is 2. The summed E-state index contributed by atoms with van der Waals surface area (Å²) in [6.07, 6.45) is 8.62. The van der Waals surface area contributed by atoms with Crippen molar-refractivity contribution >= 4 is 29.4 Å². The van der Waals surface area contributed by atoms with Crippen LogP contribution in [0.2, 0.25) is 0 Å². The molecule has 2 amide bonds. The fourth-order valence-corrected chi connectivity index (χ4v) is 5.96. The first kappa shape index (κ1) is 27.9. The van der Waals surface area contributed by atoms with Crippen LogP contribution in [0.25, 0.3) is 0 Å². The van der Waals surface area contributed by atoms with Crippen molar-refractivity contribution in [3.8, 4) is 0 Å². The molecular weight excluding hydrogens is 436 g/mol. The molecule has 2 saturated heterocycles. The summed E-state index contributed by atoms with van der Waals surface area (Å²) >= 11 is 1.92. The number of urea groups is 1. The van der Waals surface area contributed by atoms with Crippen molar-refractivity contribution < 1.29 is 14.4 Å². The Kier molecular flexibility index (Phi) is 10.9. The topological polar surface area (TPSA) is 99.3 Å². The molecule has 8 heteroatoms. The number of nitrogens with one attached hydrogen (secondary N) is 4. The summed E-state index contributed by atoms with van der Waals surface area (Å²) in [5, 5.41) is 13.1. The molecule has 0 aromatic rings. The number of fused-ring (bicyclic) bond motifs is 1. The second kappa shape index (κ2) is 12.9. The molecule has 0 aromatic heterocycles. The van der Waals surface area contributed by atoms with E-state index in [1.807, 2.05) is 39.5 Å². The zero-order chi connectivity index (χ0) is 24.5. The van der Waals surface area contributed by atoms with Gasteiger partial charge in [0.05, 0.1) is 23.2 Å². The van der Waals surface area contributed by atoms with Gasteiger partial charge < -0.3 is 21.3 Å². The van der Waals surface area contributed by atoms with Gasteiger partial charge in [-0.1, -0.05) is 18.9 Å². The van der Waals surface area contributed by atoms with Crippen molar-refractivity contribution in [1.82, 2.24) is 21.3 Å². The molecule has 0 aromatic carbocycles. The third-order valence-electron chi connectivity index (χ3n) is 6.81. The average Bonchev–Trinajstić information content (AvgIpc) is 3.31. The molecule has 0 saturated carbocycles. The summed E-state index contributed by atoms with van der Waals surface area (Å²) in [6, 6.07) is 0.450. The number of hydrogen-bond donors (Lipinski definition) is 4. The van der Waals surface area contributed by atoms with E-state index in [2.05, 4.69) is 27.8 Å². The van der Waals surface area contributed by atoms with Crippen LogP contribution in [-0.4, -0.2) is 64.9 Å². The Balaban J connectivity index is 1.54. The van der Waals surface area contributed by atoms with E-state index in [4.69, 9.17) is 0 Å². The fourth-order valence-electron chi connectivity index (χ4n) is 4.41. The van der Waals surface area contributed by atoms with Crippen LogP contribution in [-0.2, 0) is 9.59 Å². The first-order chi connectivity index (χ1) is 15.6. The van der Waals surface area contributed by atoms with Crippen molar-refractivity contribution in [1.29, 1.82) is 0 Å². The smallest absolute Gasteiger partial charge is 0.315 e. The number of rotatable bonds is 17. The summed E-state index contributed by atoms with van der Waals surface area (Å²) in [4.78, 5) is 36.5. The fraction of sp³-hybridized carbons (Fsp3) is 0.800. The number of Topliss-reactive ketones (excluding diaryl/α,β-unsaturated/α-hetero) is 2.